The second-order valence-electron chi connectivity index (χ2n) is 5.68. The van der Waals surface area contributed by atoms with Gasteiger partial charge < -0.3 is 20.3 Å². The fraction of sp³-hybridized carbons (Fsp3) is 0.875. The van der Waals surface area contributed by atoms with E-state index in [4.69, 9.17) is 0 Å². The standard InChI is InChI=1S/C16H31NO4.Na/c1-3-4-5-6-7-8-9-10-11-12-14(19)17-15(13(2)18)16(20)21;/h13,15,18H,3-12H2,1-2H3,(H,17,19)(H,20,21);/q;+1/p-1. The van der Waals surface area contributed by atoms with Gasteiger partial charge in [0.05, 0.1) is 18.1 Å². The number of aliphatic hydroxyl groups excluding tert-OH is 1. The number of carboxylic acid groups (broad SMARTS) is 1. The normalized spacial score (nSPS) is 13.0. The second-order valence-corrected chi connectivity index (χ2v) is 5.68. The molecule has 0 heterocycles. The third kappa shape index (κ3) is 13.6. The molecule has 0 aliphatic heterocycles. The zero-order valence-electron chi connectivity index (χ0n) is 14.4. The number of carbonyl (C=O) groups is 2. The number of nitrogens with one attached hydrogen (secondary N) is 1. The van der Waals surface area contributed by atoms with Crippen LogP contribution in [0, 0.1) is 0 Å². The second kappa shape index (κ2) is 15.8. The summed E-state index contributed by atoms with van der Waals surface area (Å²) in [6, 6.07) is -1.32. The van der Waals surface area contributed by atoms with E-state index in [0.29, 0.717) is 6.42 Å². The van der Waals surface area contributed by atoms with E-state index < -0.39 is 18.1 Å². The molecule has 2 unspecified atom stereocenters. The smallest absolute Gasteiger partial charge is 0.548 e. The minimum atomic E-state index is -1.45. The summed E-state index contributed by atoms with van der Waals surface area (Å²) in [5.41, 5.74) is 0. The molecule has 124 valence electrons. The first-order valence-corrected chi connectivity index (χ1v) is 8.17. The molecular formula is C16H30NNaO4. The van der Waals surface area contributed by atoms with Crippen molar-refractivity contribution in [3.8, 4) is 0 Å². The molecule has 0 saturated carbocycles. The summed E-state index contributed by atoms with van der Waals surface area (Å²) in [4.78, 5) is 22.3. The summed E-state index contributed by atoms with van der Waals surface area (Å²) in [6.45, 7) is 3.52. The molecule has 2 atom stereocenters. The first kappa shape index (κ1) is 24.2. The minimum absolute atomic E-state index is 0. The van der Waals surface area contributed by atoms with Gasteiger partial charge in [-0.1, -0.05) is 58.3 Å². The van der Waals surface area contributed by atoms with Gasteiger partial charge in [-0.2, -0.15) is 0 Å². The predicted molar refractivity (Wildman–Crippen MR) is 80.5 cm³/mol. The van der Waals surface area contributed by atoms with E-state index in [1.165, 1.54) is 45.4 Å². The summed E-state index contributed by atoms with van der Waals surface area (Å²) >= 11 is 0. The van der Waals surface area contributed by atoms with Crippen molar-refractivity contribution < 1.29 is 49.4 Å². The van der Waals surface area contributed by atoms with Gasteiger partial charge in [0.1, 0.15) is 0 Å². The Hall–Kier alpha value is -0.100. The van der Waals surface area contributed by atoms with E-state index in [2.05, 4.69) is 12.2 Å². The van der Waals surface area contributed by atoms with E-state index in [1.807, 2.05) is 0 Å². The molecule has 0 radical (unpaired) electrons. The van der Waals surface area contributed by atoms with Crippen LogP contribution in [0.25, 0.3) is 0 Å². The van der Waals surface area contributed by atoms with E-state index >= 15 is 0 Å². The molecule has 0 aliphatic rings. The number of aliphatic carboxylic acids is 1. The maximum absolute atomic E-state index is 11.6. The molecule has 0 spiro atoms. The molecule has 0 aromatic heterocycles. The van der Waals surface area contributed by atoms with Gasteiger partial charge in [-0.25, -0.2) is 0 Å². The number of amides is 1. The van der Waals surface area contributed by atoms with Crippen LogP contribution in [0.2, 0.25) is 0 Å². The van der Waals surface area contributed by atoms with Gasteiger partial charge in [-0.15, -0.1) is 0 Å². The number of carbonyl (C=O) groups excluding carboxylic acids is 2. The van der Waals surface area contributed by atoms with Crippen molar-refractivity contribution in [2.75, 3.05) is 0 Å². The average molecular weight is 323 g/mol. The molecule has 6 heteroatoms. The van der Waals surface area contributed by atoms with Crippen LogP contribution < -0.4 is 40.0 Å². The molecule has 0 aliphatic carbocycles. The van der Waals surface area contributed by atoms with Gasteiger partial charge in [-0.05, 0) is 13.3 Å². The van der Waals surface area contributed by atoms with Crippen LogP contribution in [0.15, 0.2) is 0 Å². The SMILES string of the molecule is CCCCCCCCCCCC(=O)NC(C(=O)[O-])C(C)O.[Na+]. The number of rotatable bonds is 13. The molecule has 0 fully saturated rings. The first-order valence-electron chi connectivity index (χ1n) is 8.17. The Bertz CT molecular complexity index is 298. The molecule has 22 heavy (non-hydrogen) atoms. The Labute approximate surface area is 156 Å². The van der Waals surface area contributed by atoms with Gasteiger partial charge >= 0.3 is 29.6 Å². The van der Waals surface area contributed by atoms with Crippen molar-refractivity contribution in [3.63, 3.8) is 0 Å². The largest absolute Gasteiger partial charge is 1.00 e. The van der Waals surface area contributed by atoms with Crippen molar-refractivity contribution >= 4 is 11.9 Å². The Kier molecular flexibility index (Phi) is 17.3. The predicted octanol–water partition coefficient (Wildman–Crippen LogP) is -1.47. The summed E-state index contributed by atoms with van der Waals surface area (Å²) in [5, 5.41) is 22.2. The van der Waals surface area contributed by atoms with Gasteiger partial charge in [-0.3, -0.25) is 4.79 Å². The van der Waals surface area contributed by atoms with E-state index in [9.17, 15) is 19.8 Å². The van der Waals surface area contributed by atoms with Gasteiger partial charge in [0.25, 0.3) is 0 Å². The van der Waals surface area contributed by atoms with Crippen molar-refractivity contribution in [1.29, 1.82) is 0 Å². The Balaban J connectivity index is 0. The van der Waals surface area contributed by atoms with Crippen LogP contribution in [0.1, 0.15) is 78.1 Å². The first-order chi connectivity index (χ1) is 9.99. The summed E-state index contributed by atoms with van der Waals surface area (Å²) in [7, 11) is 0. The van der Waals surface area contributed by atoms with Gasteiger partial charge in [0.2, 0.25) is 5.91 Å². The van der Waals surface area contributed by atoms with Crippen LogP contribution in [0.3, 0.4) is 0 Å². The van der Waals surface area contributed by atoms with Crippen LogP contribution in [-0.4, -0.2) is 29.1 Å². The minimum Gasteiger partial charge on any atom is -0.548 e. The molecular weight excluding hydrogens is 293 g/mol. The quantitative estimate of drug-likeness (QED) is 0.320. The maximum atomic E-state index is 11.6. The Morgan fingerprint density at radius 3 is 1.86 bits per heavy atom. The van der Waals surface area contributed by atoms with Crippen LogP contribution in [0.5, 0.6) is 0 Å². The maximum Gasteiger partial charge on any atom is 1.00 e. The summed E-state index contributed by atoms with van der Waals surface area (Å²) in [6.07, 6.45) is 9.60. The topological polar surface area (TPSA) is 89.5 Å². The number of aliphatic hydroxyl groups is 1. The zero-order valence-corrected chi connectivity index (χ0v) is 16.4. The average Bonchev–Trinajstić information content (AvgIpc) is 2.42. The molecule has 0 aromatic rings. The van der Waals surface area contributed by atoms with Crippen LogP contribution in [-0.2, 0) is 9.59 Å². The third-order valence-corrected chi connectivity index (χ3v) is 3.56. The van der Waals surface area contributed by atoms with Crippen molar-refractivity contribution in [3.05, 3.63) is 0 Å². The van der Waals surface area contributed by atoms with Crippen molar-refractivity contribution in [2.45, 2.75) is 90.2 Å². The van der Waals surface area contributed by atoms with Crippen molar-refractivity contribution in [1.82, 2.24) is 5.32 Å². The van der Waals surface area contributed by atoms with E-state index in [0.717, 1.165) is 19.3 Å². The third-order valence-electron chi connectivity index (χ3n) is 3.56. The van der Waals surface area contributed by atoms with E-state index in [-0.39, 0.29) is 35.5 Å². The molecule has 0 aromatic carbocycles. The number of hydrogen-bond acceptors (Lipinski definition) is 4. The van der Waals surface area contributed by atoms with Crippen LogP contribution >= 0.6 is 0 Å². The van der Waals surface area contributed by atoms with Gasteiger partial charge in [0.15, 0.2) is 0 Å². The fourth-order valence-electron chi connectivity index (χ4n) is 2.22. The Morgan fingerprint density at radius 2 is 1.45 bits per heavy atom. The monoisotopic (exact) mass is 323 g/mol. The molecule has 0 saturated heterocycles. The number of carboxylic acids is 1. The molecule has 1 amide bonds. The zero-order chi connectivity index (χ0) is 16.1. The number of unbranched alkanes of at least 4 members (excludes halogenated alkanes) is 8. The molecule has 5 nitrogen and oxygen atoms in total. The van der Waals surface area contributed by atoms with Gasteiger partial charge in [0, 0.05) is 6.42 Å². The molecule has 0 rings (SSSR count). The summed E-state index contributed by atoms with van der Waals surface area (Å²) < 4.78 is 0. The van der Waals surface area contributed by atoms with E-state index in [1.54, 1.807) is 0 Å². The van der Waals surface area contributed by atoms with Crippen molar-refractivity contribution in [2.24, 2.45) is 0 Å². The molecule has 2 N–H and O–H groups in total. The summed E-state index contributed by atoms with van der Waals surface area (Å²) in [5.74, 6) is -1.79. The van der Waals surface area contributed by atoms with Crippen LogP contribution in [0.4, 0.5) is 0 Å². The fourth-order valence-corrected chi connectivity index (χ4v) is 2.22. The molecule has 0 bridgehead atoms. The Morgan fingerprint density at radius 1 is 1.00 bits per heavy atom. The number of hydrogen-bond donors (Lipinski definition) is 2.